The molecule has 1 saturated heterocycles. The molecular formula is C15H20O8. The standard InChI is InChI=1S/C15H20O8/c1-2-21-14(20)8-5-3-4-6-9(8)22-15-13(19)12(18)11(17)10(7-16)23-15/h3-6,10-13,15-19H,2,7H2,1H3/t10-,11-,12+,13-,15-/m1/s1. The highest BCUT2D eigenvalue weighted by Gasteiger charge is 2.45. The van der Waals surface area contributed by atoms with Crippen molar-refractivity contribution < 1.29 is 39.4 Å². The first-order valence-electron chi connectivity index (χ1n) is 7.23. The Bertz CT molecular complexity index is 532. The van der Waals surface area contributed by atoms with Crippen molar-refractivity contribution in [3.63, 3.8) is 0 Å². The van der Waals surface area contributed by atoms with Crippen LogP contribution in [0.3, 0.4) is 0 Å². The lowest BCUT2D eigenvalue weighted by Crippen LogP contribution is -2.60. The van der Waals surface area contributed by atoms with Crippen LogP contribution in [-0.2, 0) is 9.47 Å². The van der Waals surface area contributed by atoms with Crippen molar-refractivity contribution in [3.05, 3.63) is 29.8 Å². The molecule has 2 rings (SSSR count). The Kier molecular flexibility index (Phi) is 5.91. The Morgan fingerprint density at radius 2 is 1.87 bits per heavy atom. The first-order valence-corrected chi connectivity index (χ1v) is 7.23. The molecule has 0 unspecified atom stereocenters. The summed E-state index contributed by atoms with van der Waals surface area (Å²) in [4.78, 5) is 11.9. The first kappa shape index (κ1) is 17.6. The van der Waals surface area contributed by atoms with Crippen molar-refractivity contribution in [1.82, 2.24) is 0 Å². The largest absolute Gasteiger partial charge is 0.462 e. The molecule has 5 atom stereocenters. The van der Waals surface area contributed by atoms with E-state index >= 15 is 0 Å². The predicted molar refractivity (Wildman–Crippen MR) is 76.8 cm³/mol. The third kappa shape index (κ3) is 3.80. The molecule has 1 aromatic rings. The minimum absolute atomic E-state index is 0.0929. The molecule has 1 fully saturated rings. The van der Waals surface area contributed by atoms with Gasteiger partial charge in [0.1, 0.15) is 35.7 Å². The van der Waals surface area contributed by atoms with Crippen LogP contribution in [0.2, 0.25) is 0 Å². The predicted octanol–water partition coefficient (Wildman–Crippen LogP) is -0.958. The van der Waals surface area contributed by atoms with Crippen LogP contribution in [0.1, 0.15) is 17.3 Å². The second-order valence-corrected chi connectivity index (χ2v) is 5.03. The molecule has 4 N–H and O–H groups in total. The summed E-state index contributed by atoms with van der Waals surface area (Å²) in [5.74, 6) is -0.511. The highest BCUT2D eigenvalue weighted by molar-refractivity contribution is 5.92. The normalized spacial score (nSPS) is 30.7. The molecule has 0 radical (unpaired) electrons. The van der Waals surface area contributed by atoms with E-state index in [9.17, 15) is 20.1 Å². The average Bonchev–Trinajstić information content (AvgIpc) is 2.56. The number of rotatable bonds is 5. The molecule has 8 nitrogen and oxygen atoms in total. The Morgan fingerprint density at radius 3 is 2.52 bits per heavy atom. The maximum Gasteiger partial charge on any atom is 0.341 e. The minimum Gasteiger partial charge on any atom is -0.462 e. The molecule has 0 spiro atoms. The number of para-hydroxylation sites is 1. The van der Waals surface area contributed by atoms with Gasteiger partial charge in [0.25, 0.3) is 0 Å². The van der Waals surface area contributed by atoms with Gasteiger partial charge in [0.15, 0.2) is 0 Å². The van der Waals surface area contributed by atoms with Crippen LogP contribution in [0, 0.1) is 0 Å². The van der Waals surface area contributed by atoms with Gasteiger partial charge in [-0.15, -0.1) is 0 Å². The number of hydrogen-bond donors (Lipinski definition) is 4. The Hall–Kier alpha value is -1.71. The van der Waals surface area contributed by atoms with Crippen LogP contribution in [0.15, 0.2) is 24.3 Å². The fourth-order valence-corrected chi connectivity index (χ4v) is 2.24. The number of ether oxygens (including phenoxy) is 3. The van der Waals surface area contributed by atoms with E-state index in [2.05, 4.69) is 0 Å². The number of aliphatic hydroxyl groups excluding tert-OH is 4. The zero-order valence-corrected chi connectivity index (χ0v) is 12.5. The summed E-state index contributed by atoms with van der Waals surface area (Å²) >= 11 is 0. The molecule has 0 bridgehead atoms. The smallest absolute Gasteiger partial charge is 0.341 e. The lowest BCUT2D eigenvalue weighted by atomic mass is 9.99. The molecule has 1 aromatic carbocycles. The van der Waals surface area contributed by atoms with Gasteiger partial charge in [-0.2, -0.15) is 0 Å². The van der Waals surface area contributed by atoms with E-state index in [1.807, 2.05) is 0 Å². The van der Waals surface area contributed by atoms with Gasteiger partial charge in [-0.3, -0.25) is 0 Å². The van der Waals surface area contributed by atoms with Crippen molar-refractivity contribution in [3.8, 4) is 5.75 Å². The summed E-state index contributed by atoms with van der Waals surface area (Å²) in [6.07, 6.45) is -7.03. The second-order valence-electron chi connectivity index (χ2n) is 5.03. The summed E-state index contributed by atoms with van der Waals surface area (Å²) in [6.45, 7) is 1.29. The van der Waals surface area contributed by atoms with E-state index in [4.69, 9.17) is 19.3 Å². The Labute approximate surface area is 132 Å². The number of carbonyl (C=O) groups excluding carboxylic acids is 1. The lowest BCUT2D eigenvalue weighted by molar-refractivity contribution is -0.277. The van der Waals surface area contributed by atoms with Gasteiger partial charge in [0.2, 0.25) is 6.29 Å². The van der Waals surface area contributed by atoms with E-state index in [1.165, 1.54) is 12.1 Å². The summed E-state index contributed by atoms with van der Waals surface area (Å²) < 4.78 is 15.6. The maximum absolute atomic E-state index is 11.9. The average molecular weight is 328 g/mol. The monoisotopic (exact) mass is 328 g/mol. The van der Waals surface area contributed by atoms with Crippen molar-refractivity contribution in [2.24, 2.45) is 0 Å². The van der Waals surface area contributed by atoms with Crippen molar-refractivity contribution in [2.45, 2.75) is 37.6 Å². The summed E-state index contributed by atoms with van der Waals surface area (Å²) in [5.41, 5.74) is 0.131. The molecule has 0 aliphatic carbocycles. The summed E-state index contributed by atoms with van der Waals surface area (Å²) in [7, 11) is 0. The molecule has 1 heterocycles. The molecule has 128 valence electrons. The SMILES string of the molecule is CCOC(=O)c1ccccc1O[C@@H]1O[C@H](CO)[C@@H](O)[C@H](O)[C@H]1O. The van der Waals surface area contributed by atoms with Gasteiger partial charge >= 0.3 is 5.97 Å². The van der Waals surface area contributed by atoms with Gasteiger partial charge in [0, 0.05) is 0 Å². The fourth-order valence-electron chi connectivity index (χ4n) is 2.24. The summed E-state index contributed by atoms with van der Waals surface area (Å²) in [6, 6.07) is 6.19. The van der Waals surface area contributed by atoms with Gasteiger partial charge in [-0.25, -0.2) is 4.79 Å². The minimum atomic E-state index is -1.55. The van der Waals surface area contributed by atoms with E-state index < -0.39 is 43.3 Å². The zero-order chi connectivity index (χ0) is 17.0. The number of benzene rings is 1. The number of carbonyl (C=O) groups is 1. The van der Waals surface area contributed by atoms with Gasteiger partial charge in [-0.1, -0.05) is 12.1 Å². The van der Waals surface area contributed by atoms with Crippen molar-refractivity contribution in [2.75, 3.05) is 13.2 Å². The van der Waals surface area contributed by atoms with E-state index in [-0.39, 0.29) is 17.9 Å². The van der Waals surface area contributed by atoms with Crippen LogP contribution in [0.5, 0.6) is 5.75 Å². The van der Waals surface area contributed by atoms with E-state index in [1.54, 1.807) is 19.1 Å². The molecular weight excluding hydrogens is 308 g/mol. The number of esters is 1. The molecule has 0 amide bonds. The van der Waals surface area contributed by atoms with Crippen LogP contribution < -0.4 is 4.74 Å². The van der Waals surface area contributed by atoms with E-state index in [0.717, 1.165) is 0 Å². The van der Waals surface area contributed by atoms with Gasteiger partial charge in [-0.05, 0) is 19.1 Å². The van der Waals surface area contributed by atoms with Crippen LogP contribution >= 0.6 is 0 Å². The van der Waals surface area contributed by atoms with E-state index in [0.29, 0.717) is 0 Å². The first-order chi connectivity index (χ1) is 11.0. The highest BCUT2D eigenvalue weighted by Crippen LogP contribution is 2.26. The number of aliphatic hydroxyl groups is 4. The molecule has 1 aliphatic heterocycles. The molecule has 0 aromatic heterocycles. The third-order valence-electron chi connectivity index (χ3n) is 3.47. The van der Waals surface area contributed by atoms with Crippen LogP contribution in [0.4, 0.5) is 0 Å². The topological polar surface area (TPSA) is 126 Å². The third-order valence-corrected chi connectivity index (χ3v) is 3.47. The van der Waals surface area contributed by atoms with Gasteiger partial charge in [0.05, 0.1) is 13.2 Å². The lowest BCUT2D eigenvalue weighted by Gasteiger charge is -2.39. The molecule has 23 heavy (non-hydrogen) atoms. The Balaban J connectivity index is 2.19. The number of hydrogen-bond acceptors (Lipinski definition) is 8. The molecule has 8 heteroatoms. The maximum atomic E-state index is 11.9. The summed E-state index contributed by atoms with van der Waals surface area (Å²) in [5, 5.41) is 38.6. The van der Waals surface area contributed by atoms with Crippen molar-refractivity contribution >= 4 is 5.97 Å². The Morgan fingerprint density at radius 1 is 1.17 bits per heavy atom. The zero-order valence-electron chi connectivity index (χ0n) is 12.5. The quantitative estimate of drug-likeness (QED) is 0.509. The van der Waals surface area contributed by atoms with Crippen LogP contribution in [-0.4, -0.2) is 70.3 Å². The fraction of sp³-hybridized carbons (Fsp3) is 0.533. The highest BCUT2D eigenvalue weighted by atomic mass is 16.7. The van der Waals surface area contributed by atoms with Gasteiger partial charge < -0.3 is 34.6 Å². The van der Waals surface area contributed by atoms with Crippen LogP contribution in [0.25, 0.3) is 0 Å². The molecule has 1 aliphatic rings. The molecule has 0 saturated carbocycles. The van der Waals surface area contributed by atoms with Crippen molar-refractivity contribution in [1.29, 1.82) is 0 Å². The second kappa shape index (κ2) is 7.71.